The molecule has 9 rings (SSSR count). The van der Waals surface area contributed by atoms with Crippen molar-refractivity contribution in [3.63, 3.8) is 0 Å². The largest absolute Gasteiger partial charge is 0.486 e. The summed E-state index contributed by atoms with van der Waals surface area (Å²) in [5.41, 5.74) is 8.63. The van der Waals surface area contributed by atoms with Crippen LogP contribution >= 0.6 is 22.7 Å². The number of carboxylic acid groups (broad SMARTS) is 1. The summed E-state index contributed by atoms with van der Waals surface area (Å²) in [4.78, 5) is 49.0. The van der Waals surface area contributed by atoms with Gasteiger partial charge in [0.1, 0.15) is 11.2 Å². The molecule has 0 bridgehead atoms. The molecule has 12 heteroatoms. The van der Waals surface area contributed by atoms with Crippen molar-refractivity contribution in [1.29, 1.82) is 0 Å². The van der Waals surface area contributed by atoms with Crippen molar-refractivity contribution in [2.75, 3.05) is 29.9 Å². The molecule has 358 valence electrons. The van der Waals surface area contributed by atoms with Gasteiger partial charge in [-0.3, -0.25) is 4.79 Å². The van der Waals surface area contributed by atoms with E-state index in [2.05, 4.69) is 114 Å². The van der Waals surface area contributed by atoms with Gasteiger partial charge in [-0.2, -0.15) is 0 Å². The Kier molecular flexibility index (Phi) is 14.7. The first-order valence-electron chi connectivity index (χ1n) is 23.6. The summed E-state index contributed by atoms with van der Waals surface area (Å²) < 4.78 is 11.6. The summed E-state index contributed by atoms with van der Waals surface area (Å²) in [7, 11) is 1.92. The number of anilines is 4. The van der Waals surface area contributed by atoms with Crippen LogP contribution in [0.1, 0.15) is 65.9 Å². The van der Waals surface area contributed by atoms with Crippen LogP contribution in [0.5, 0.6) is 0 Å². The molecule has 72 heavy (non-hydrogen) atoms. The number of nitrogens with zero attached hydrogens (tertiary/aromatic N) is 3. The van der Waals surface area contributed by atoms with E-state index in [1.807, 2.05) is 92.0 Å². The Morgan fingerprint density at radius 1 is 0.639 bits per heavy atom. The summed E-state index contributed by atoms with van der Waals surface area (Å²) in [5.74, 6) is -1.24. The molecule has 0 aliphatic carbocycles. The first kappa shape index (κ1) is 48.7. The third kappa shape index (κ3) is 10.7. The Morgan fingerprint density at radius 3 is 1.69 bits per heavy atom. The van der Waals surface area contributed by atoms with Gasteiger partial charge in [-0.15, -0.1) is 22.7 Å². The van der Waals surface area contributed by atoms with Crippen molar-refractivity contribution in [3.8, 4) is 20.2 Å². The summed E-state index contributed by atoms with van der Waals surface area (Å²) in [5, 5.41) is 14.3. The third-order valence-electron chi connectivity index (χ3n) is 12.5. The van der Waals surface area contributed by atoms with Gasteiger partial charge in [0.25, 0.3) is 5.70 Å². The number of aliphatic carboxylic acids is 1. The van der Waals surface area contributed by atoms with E-state index in [4.69, 9.17) is 15.4 Å². The molecule has 9 aromatic rings. The number of nitrogens with one attached hydrogen (secondary N) is 1. The van der Waals surface area contributed by atoms with Crippen LogP contribution in [0.15, 0.2) is 170 Å². The molecule has 0 fully saturated rings. The van der Waals surface area contributed by atoms with Crippen LogP contribution in [-0.2, 0) is 4.79 Å². The van der Waals surface area contributed by atoms with E-state index in [0.717, 1.165) is 89.9 Å². The van der Waals surface area contributed by atoms with E-state index in [-0.39, 0.29) is 11.7 Å². The minimum Gasteiger partial charge on any atom is -0.486 e. The van der Waals surface area contributed by atoms with Crippen molar-refractivity contribution < 1.29 is 18.7 Å². The Labute approximate surface area is 425 Å². The van der Waals surface area contributed by atoms with Crippen molar-refractivity contribution >= 4 is 104 Å². The van der Waals surface area contributed by atoms with Gasteiger partial charge in [-0.25, -0.2) is 14.4 Å². The van der Waals surface area contributed by atoms with Crippen LogP contribution in [0.3, 0.4) is 0 Å². The number of hydrogen-bond acceptors (Lipinski definition) is 10. The lowest BCUT2D eigenvalue weighted by Crippen LogP contribution is -2.21. The molecule has 0 spiro atoms. The molecule has 0 radical (unpaired) electrons. The topological polar surface area (TPSA) is 121 Å². The molecule has 0 aliphatic heterocycles. The summed E-state index contributed by atoms with van der Waals surface area (Å²) in [6.45, 7) is 15.2. The zero-order chi connectivity index (χ0) is 50.3. The average molecular weight is 987 g/mol. The summed E-state index contributed by atoms with van der Waals surface area (Å²) in [6, 6.07) is 48.5. The number of thiophene rings is 2. The zero-order valence-electron chi connectivity index (χ0n) is 40.1. The van der Waals surface area contributed by atoms with Crippen LogP contribution < -0.4 is 26.4 Å². The molecule has 0 aliphatic rings. The van der Waals surface area contributed by atoms with Gasteiger partial charge in [-0.1, -0.05) is 67.6 Å². The lowest BCUT2D eigenvalue weighted by Gasteiger charge is -2.26. The van der Waals surface area contributed by atoms with Crippen molar-refractivity contribution in [1.82, 2.24) is 5.32 Å². The van der Waals surface area contributed by atoms with Gasteiger partial charge in [0.2, 0.25) is 0 Å². The number of carbonyl (C=O) groups is 1. The Morgan fingerprint density at radius 2 is 1.15 bits per heavy atom. The van der Waals surface area contributed by atoms with Crippen molar-refractivity contribution in [3.05, 3.63) is 216 Å². The number of fused-ring (bicyclic) bond motifs is 2. The van der Waals surface area contributed by atoms with Gasteiger partial charge in [0.15, 0.2) is 0 Å². The lowest BCUT2D eigenvalue weighted by molar-refractivity contribution is -0.132. The van der Waals surface area contributed by atoms with E-state index in [1.54, 1.807) is 23.5 Å². The number of benzene rings is 5. The fraction of sp³-hybridized carbons (Fsp3) is 0.133. The zero-order valence-corrected chi connectivity index (χ0v) is 41.7. The van der Waals surface area contributed by atoms with Crippen LogP contribution in [0.2, 0.25) is 0 Å². The van der Waals surface area contributed by atoms with Crippen LogP contribution in [-0.4, -0.2) is 31.2 Å². The molecule has 1 unspecified atom stereocenters. The molecule has 4 heterocycles. The van der Waals surface area contributed by atoms with E-state index in [1.165, 1.54) is 17.4 Å². The maximum Gasteiger partial charge on any atom is 0.343 e. The monoisotopic (exact) mass is 986 g/mol. The molecule has 0 saturated heterocycles. The Bertz CT molecular complexity index is 3520. The molecule has 2 N–H and O–H groups in total. The van der Waals surface area contributed by atoms with E-state index in [9.17, 15) is 19.5 Å². The minimum absolute atomic E-state index is 0.173. The second-order valence-electron chi connectivity index (χ2n) is 17.0. The predicted molar refractivity (Wildman–Crippen MR) is 298 cm³/mol. The van der Waals surface area contributed by atoms with E-state index >= 15 is 0 Å². The Hall–Kier alpha value is -8.34. The SMILES string of the molecule is [C-]#[N+]/C(=C\c1ccc(-c2ccc(-c3ccc(N(c4ccc(/C=C/c5cc6ccc(C(CC)NC)cc6oc5=O)cc4)c4ccc(/C=C/c5cc6ccc(N(CC)CC)cc6oc5=O)cc4)cc3)s2)s1)C(=O)O. The second-order valence-corrected chi connectivity index (χ2v) is 19.2. The standard InChI is InChI=1S/C60H50N4O6S2/c1-6-51(61-4)41-17-18-42-33-44(59(67)69-53(42)35-41)15-9-38-11-22-46(23-12-38)64(48-26-19-40(20-27-48)55-31-32-57(72-55)56-30-29-50(71-56)37-52(62-5)58(65)66)47-24-13-39(14-25-47)10-16-45-34-43-21-28-49(63(7-2)8-3)36-54(43)70-60(45)68/h9-37,51,61H,6-8H2,1-4H3,(H,65,66)/b15-9+,16-10+,52-37-. The third-order valence-corrected chi connectivity index (χ3v) is 14.9. The van der Waals surface area contributed by atoms with Gasteiger partial charge in [-0.05, 0) is 159 Å². The average Bonchev–Trinajstić information content (AvgIpc) is 4.09. The lowest BCUT2D eigenvalue weighted by atomic mass is 10.0. The normalized spacial score (nSPS) is 12.2. The molecule has 4 aromatic heterocycles. The van der Waals surface area contributed by atoms with Crippen molar-refractivity contribution in [2.45, 2.75) is 33.2 Å². The summed E-state index contributed by atoms with van der Waals surface area (Å²) in [6.07, 6.45) is 9.72. The van der Waals surface area contributed by atoms with E-state index in [0.29, 0.717) is 27.2 Å². The minimum atomic E-state index is -1.24. The summed E-state index contributed by atoms with van der Waals surface area (Å²) >= 11 is 3.08. The number of carboxylic acids is 1. The molecule has 10 nitrogen and oxygen atoms in total. The van der Waals surface area contributed by atoms with Crippen molar-refractivity contribution in [2.24, 2.45) is 0 Å². The molecule has 0 amide bonds. The second kappa shape index (κ2) is 21.7. The van der Waals surface area contributed by atoms with Crippen LogP contribution in [0, 0.1) is 6.57 Å². The highest BCUT2D eigenvalue weighted by atomic mass is 32.1. The van der Waals surface area contributed by atoms with E-state index < -0.39 is 17.2 Å². The van der Waals surface area contributed by atoms with Crippen LogP contribution in [0.4, 0.5) is 22.7 Å². The molecular weight excluding hydrogens is 937 g/mol. The fourth-order valence-electron chi connectivity index (χ4n) is 8.63. The first-order valence-corrected chi connectivity index (χ1v) is 25.2. The molecular formula is C60H50N4O6S2. The Balaban J connectivity index is 0.990. The predicted octanol–water partition coefficient (Wildman–Crippen LogP) is 15.0. The molecule has 0 saturated carbocycles. The highest BCUT2D eigenvalue weighted by molar-refractivity contribution is 7.24. The van der Waals surface area contributed by atoms with Gasteiger partial charge < -0.3 is 29.1 Å². The molecule has 1 atom stereocenters. The maximum atomic E-state index is 13.1. The number of hydrogen-bond donors (Lipinski definition) is 2. The smallest absolute Gasteiger partial charge is 0.343 e. The first-order chi connectivity index (χ1) is 35.0. The fourth-order valence-corrected chi connectivity index (χ4v) is 10.7. The number of rotatable bonds is 17. The highest BCUT2D eigenvalue weighted by Gasteiger charge is 2.16. The van der Waals surface area contributed by atoms with Gasteiger partial charge >= 0.3 is 17.2 Å². The van der Waals surface area contributed by atoms with Gasteiger partial charge in [0, 0.05) is 78.2 Å². The maximum absolute atomic E-state index is 13.1. The quantitative estimate of drug-likeness (QED) is 0.0522. The van der Waals surface area contributed by atoms with Gasteiger partial charge in [0.05, 0.1) is 17.7 Å². The molecule has 5 aromatic carbocycles. The van der Waals surface area contributed by atoms with Crippen LogP contribution in [0.25, 0.3) is 77.4 Å². The highest BCUT2D eigenvalue weighted by Crippen LogP contribution is 2.41.